The maximum atomic E-state index is 14.2. The summed E-state index contributed by atoms with van der Waals surface area (Å²) in [5, 5.41) is 0. The van der Waals surface area contributed by atoms with Gasteiger partial charge in [0.05, 0.1) is 18.7 Å². The molecule has 5 nitrogen and oxygen atoms in total. The molecule has 0 unspecified atom stereocenters. The van der Waals surface area contributed by atoms with Gasteiger partial charge in [0, 0.05) is 18.7 Å². The van der Waals surface area contributed by atoms with Gasteiger partial charge < -0.3 is 9.64 Å². The predicted octanol–water partition coefficient (Wildman–Crippen LogP) is 4.38. The topological polar surface area (TPSA) is 49.9 Å². The van der Waals surface area contributed by atoms with Gasteiger partial charge in [0.1, 0.15) is 17.3 Å². The molecule has 0 atom stereocenters. The lowest BCUT2D eigenvalue weighted by Crippen LogP contribution is -2.37. The molecule has 0 radical (unpaired) electrons. The fourth-order valence-electron chi connectivity index (χ4n) is 4.11. The van der Waals surface area contributed by atoms with E-state index >= 15 is 0 Å². The Morgan fingerprint density at radius 2 is 1.65 bits per heavy atom. The Hall–Kier alpha value is -3.15. The zero-order valence-corrected chi connectivity index (χ0v) is 17.8. The fraction of sp³-hybridized carbons (Fsp3) is 0.360. The predicted molar refractivity (Wildman–Crippen MR) is 117 cm³/mol. The van der Waals surface area contributed by atoms with Crippen LogP contribution in [0.15, 0.2) is 54.2 Å². The first-order valence-electron chi connectivity index (χ1n) is 10.9. The summed E-state index contributed by atoms with van der Waals surface area (Å²) in [4.78, 5) is 30.0. The average molecular weight is 423 g/mol. The van der Waals surface area contributed by atoms with Crippen LogP contribution in [-0.4, -0.2) is 41.3 Å². The van der Waals surface area contributed by atoms with E-state index in [1.54, 1.807) is 18.2 Å². The number of rotatable bonds is 7. The Balaban J connectivity index is 1.69. The minimum atomic E-state index is -0.423. The molecular formula is C25H27FN2O3. The van der Waals surface area contributed by atoms with Crippen molar-refractivity contribution in [2.75, 3.05) is 19.7 Å². The number of benzene rings is 2. The maximum absolute atomic E-state index is 14.2. The number of imide groups is 1. The highest BCUT2D eigenvalue weighted by Gasteiger charge is 2.42. The van der Waals surface area contributed by atoms with Crippen molar-refractivity contribution in [2.45, 2.75) is 39.2 Å². The molecule has 0 aromatic heterocycles. The summed E-state index contributed by atoms with van der Waals surface area (Å²) < 4.78 is 19.9. The highest BCUT2D eigenvalue weighted by molar-refractivity contribution is 6.35. The van der Waals surface area contributed by atoms with Gasteiger partial charge >= 0.3 is 0 Å². The molecule has 0 bridgehead atoms. The van der Waals surface area contributed by atoms with Gasteiger partial charge in [-0.25, -0.2) is 4.39 Å². The van der Waals surface area contributed by atoms with Gasteiger partial charge in [-0.15, -0.1) is 0 Å². The standard InChI is InChI=1S/C25H27FN2O3/c1-2-16-31-20-12-10-18(11-13-20)22-23(27-14-6-3-7-15-27)25(30)28(24(22)29)17-19-8-4-5-9-21(19)26/h4-5,8-13H,2-3,6-7,14-17H2,1H3. The lowest BCUT2D eigenvalue weighted by atomic mass is 10.0. The van der Waals surface area contributed by atoms with E-state index in [4.69, 9.17) is 4.74 Å². The van der Waals surface area contributed by atoms with Gasteiger partial charge in [-0.1, -0.05) is 37.3 Å². The molecule has 2 aromatic carbocycles. The highest BCUT2D eigenvalue weighted by Crippen LogP contribution is 2.34. The third-order valence-corrected chi connectivity index (χ3v) is 5.72. The van der Waals surface area contributed by atoms with Gasteiger partial charge in [-0.05, 0) is 49.4 Å². The minimum Gasteiger partial charge on any atom is -0.494 e. The molecule has 6 heteroatoms. The van der Waals surface area contributed by atoms with Crippen molar-refractivity contribution in [3.63, 3.8) is 0 Å². The number of amides is 2. The number of carbonyl (C=O) groups excluding carboxylic acids is 2. The second-order valence-electron chi connectivity index (χ2n) is 7.93. The van der Waals surface area contributed by atoms with E-state index in [9.17, 15) is 14.0 Å². The monoisotopic (exact) mass is 422 g/mol. The van der Waals surface area contributed by atoms with Crippen LogP contribution in [0.25, 0.3) is 5.57 Å². The van der Waals surface area contributed by atoms with Gasteiger partial charge in [0.15, 0.2) is 0 Å². The molecule has 1 saturated heterocycles. The van der Waals surface area contributed by atoms with Crippen molar-refractivity contribution in [3.8, 4) is 5.75 Å². The molecular weight excluding hydrogens is 395 g/mol. The molecule has 2 aromatic rings. The number of piperidine rings is 1. The van der Waals surface area contributed by atoms with Crippen molar-refractivity contribution in [3.05, 3.63) is 71.2 Å². The Morgan fingerprint density at radius 1 is 0.935 bits per heavy atom. The minimum absolute atomic E-state index is 0.0805. The second kappa shape index (κ2) is 9.33. The van der Waals surface area contributed by atoms with Crippen molar-refractivity contribution >= 4 is 17.4 Å². The molecule has 0 aliphatic carbocycles. The van der Waals surface area contributed by atoms with Crippen molar-refractivity contribution < 1.29 is 18.7 Å². The smallest absolute Gasteiger partial charge is 0.278 e. The molecule has 0 spiro atoms. The Bertz CT molecular complexity index is 994. The van der Waals surface area contributed by atoms with Crippen LogP contribution in [0.2, 0.25) is 0 Å². The van der Waals surface area contributed by atoms with Crippen molar-refractivity contribution in [1.29, 1.82) is 0 Å². The van der Waals surface area contributed by atoms with Gasteiger partial charge in [0.2, 0.25) is 0 Å². The van der Waals surface area contributed by atoms with Crippen LogP contribution < -0.4 is 4.74 Å². The summed E-state index contributed by atoms with van der Waals surface area (Å²) in [7, 11) is 0. The first-order chi connectivity index (χ1) is 15.1. The molecule has 31 heavy (non-hydrogen) atoms. The average Bonchev–Trinajstić information content (AvgIpc) is 3.05. The Kier molecular flexibility index (Phi) is 6.35. The number of hydrogen-bond acceptors (Lipinski definition) is 4. The first kappa shape index (κ1) is 21.1. The lowest BCUT2D eigenvalue weighted by molar-refractivity contribution is -0.138. The first-order valence-corrected chi connectivity index (χ1v) is 10.9. The van der Waals surface area contributed by atoms with Crippen LogP contribution in [0.1, 0.15) is 43.7 Å². The molecule has 162 valence electrons. The summed E-state index contributed by atoms with van der Waals surface area (Å²) in [6.45, 7) is 4.06. The normalized spacial score (nSPS) is 17.0. The molecule has 2 amide bonds. The van der Waals surface area contributed by atoms with Gasteiger partial charge in [0.25, 0.3) is 11.8 Å². The fourth-order valence-corrected chi connectivity index (χ4v) is 4.11. The molecule has 0 N–H and O–H groups in total. The van der Waals surface area contributed by atoms with Crippen LogP contribution in [0.4, 0.5) is 4.39 Å². The molecule has 2 aliphatic heterocycles. The number of hydrogen-bond donors (Lipinski definition) is 0. The van der Waals surface area contributed by atoms with Crippen molar-refractivity contribution in [1.82, 2.24) is 9.80 Å². The van der Waals surface area contributed by atoms with E-state index in [1.165, 1.54) is 11.0 Å². The quantitative estimate of drug-likeness (QED) is 0.622. The van der Waals surface area contributed by atoms with Crippen molar-refractivity contribution in [2.24, 2.45) is 0 Å². The third-order valence-electron chi connectivity index (χ3n) is 5.72. The summed E-state index contributed by atoms with van der Waals surface area (Å²) in [5.74, 6) is -0.424. The number of halogens is 1. The van der Waals surface area contributed by atoms with Crippen LogP contribution >= 0.6 is 0 Å². The summed E-state index contributed by atoms with van der Waals surface area (Å²) in [5.41, 5.74) is 1.83. The maximum Gasteiger partial charge on any atom is 0.278 e. The second-order valence-corrected chi connectivity index (χ2v) is 7.93. The lowest BCUT2D eigenvalue weighted by Gasteiger charge is -2.29. The van der Waals surface area contributed by atoms with E-state index in [1.807, 2.05) is 36.1 Å². The molecule has 1 fully saturated rings. The molecule has 2 aliphatic rings. The van der Waals surface area contributed by atoms with Gasteiger partial charge in [-0.3, -0.25) is 14.5 Å². The Labute approximate surface area is 182 Å². The van der Waals surface area contributed by atoms with Crippen LogP contribution in [0.3, 0.4) is 0 Å². The Morgan fingerprint density at radius 3 is 2.32 bits per heavy atom. The third kappa shape index (κ3) is 4.33. The van der Waals surface area contributed by atoms with Crippen LogP contribution in [0, 0.1) is 5.82 Å². The summed E-state index contributed by atoms with van der Waals surface area (Å²) >= 11 is 0. The summed E-state index contributed by atoms with van der Waals surface area (Å²) in [6.07, 6.45) is 3.98. The van der Waals surface area contributed by atoms with E-state index in [2.05, 4.69) is 0 Å². The highest BCUT2D eigenvalue weighted by atomic mass is 19.1. The van der Waals surface area contributed by atoms with Crippen LogP contribution in [0.5, 0.6) is 5.75 Å². The SMILES string of the molecule is CCCOc1ccc(C2=C(N3CCCCC3)C(=O)N(Cc3ccccc3F)C2=O)cc1. The number of nitrogens with zero attached hydrogens (tertiary/aromatic N) is 2. The molecule has 4 rings (SSSR count). The largest absolute Gasteiger partial charge is 0.494 e. The van der Waals surface area contributed by atoms with E-state index in [-0.39, 0.29) is 18.4 Å². The van der Waals surface area contributed by atoms with Crippen LogP contribution in [-0.2, 0) is 16.1 Å². The molecule has 2 heterocycles. The van der Waals surface area contributed by atoms with E-state index in [0.29, 0.717) is 29.0 Å². The number of carbonyl (C=O) groups is 2. The van der Waals surface area contributed by atoms with E-state index < -0.39 is 5.82 Å². The van der Waals surface area contributed by atoms with E-state index in [0.717, 1.165) is 44.5 Å². The zero-order valence-electron chi connectivity index (χ0n) is 17.8. The van der Waals surface area contributed by atoms with Gasteiger partial charge in [-0.2, -0.15) is 0 Å². The number of ether oxygens (including phenoxy) is 1. The summed E-state index contributed by atoms with van der Waals surface area (Å²) in [6, 6.07) is 13.5. The molecule has 0 saturated carbocycles. The number of likely N-dealkylation sites (tertiary alicyclic amines) is 1. The zero-order chi connectivity index (χ0) is 21.8.